The quantitative estimate of drug-likeness (QED) is 0.610. The summed E-state index contributed by atoms with van der Waals surface area (Å²) in [7, 11) is 1.30. The highest BCUT2D eigenvalue weighted by Gasteiger charge is 2.15. The van der Waals surface area contributed by atoms with Crippen LogP contribution in [-0.4, -0.2) is 23.9 Å². The number of nitrogens with zero attached hydrogens (tertiary/aromatic N) is 1. The van der Waals surface area contributed by atoms with E-state index in [2.05, 4.69) is 4.74 Å². The first-order chi connectivity index (χ1) is 9.26. The Hall–Kier alpha value is -2.36. The van der Waals surface area contributed by atoms with Crippen molar-refractivity contribution in [3.8, 4) is 0 Å². The molecule has 0 atom stereocenters. The smallest absolute Gasteiger partial charge is 0.340 e. The second-order valence-electron chi connectivity index (χ2n) is 4.15. The number of rotatable bonds is 5. The molecule has 0 amide bonds. The van der Waals surface area contributed by atoms with Crippen molar-refractivity contribution in [2.45, 2.75) is 13.0 Å². The van der Waals surface area contributed by atoms with E-state index in [1.54, 1.807) is 16.8 Å². The monoisotopic (exact) mass is 257 g/mol. The summed E-state index contributed by atoms with van der Waals surface area (Å²) in [6, 6.07) is 11.6. The van der Waals surface area contributed by atoms with Gasteiger partial charge in [0.25, 0.3) is 0 Å². The third-order valence-electron chi connectivity index (χ3n) is 3.01. The Bertz CT molecular complexity index is 572. The van der Waals surface area contributed by atoms with Gasteiger partial charge in [-0.3, -0.25) is 4.79 Å². The Morgan fingerprint density at radius 3 is 2.63 bits per heavy atom. The second kappa shape index (κ2) is 6.00. The standard InChI is InChI=1S/C15H15NO3/c1-19-15(18)13-8-10-16(14(13)11-17)9-7-12-5-3-2-4-6-12/h2-6,8,10-11H,7,9H2,1H3. The molecule has 4 heteroatoms. The van der Waals surface area contributed by atoms with E-state index in [-0.39, 0.29) is 0 Å². The molecule has 0 aliphatic carbocycles. The van der Waals surface area contributed by atoms with Gasteiger partial charge in [-0.15, -0.1) is 0 Å². The Kier molecular flexibility index (Phi) is 4.13. The van der Waals surface area contributed by atoms with Gasteiger partial charge < -0.3 is 9.30 Å². The van der Waals surface area contributed by atoms with E-state index in [0.717, 1.165) is 6.42 Å². The van der Waals surface area contributed by atoms with Crippen LogP contribution in [0, 0.1) is 0 Å². The van der Waals surface area contributed by atoms with Crippen molar-refractivity contribution in [3.63, 3.8) is 0 Å². The fourth-order valence-corrected chi connectivity index (χ4v) is 1.99. The van der Waals surface area contributed by atoms with E-state index in [0.29, 0.717) is 24.1 Å². The maximum atomic E-state index is 11.5. The lowest BCUT2D eigenvalue weighted by Gasteiger charge is -2.06. The van der Waals surface area contributed by atoms with Crippen molar-refractivity contribution in [3.05, 3.63) is 59.4 Å². The zero-order chi connectivity index (χ0) is 13.7. The van der Waals surface area contributed by atoms with E-state index in [4.69, 9.17) is 0 Å². The average Bonchev–Trinajstić information content (AvgIpc) is 2.88. The molecule has 0 aliphatic heterocycles. The maximum Gasteiger partial charge on any atom is 0.340 e. The second-order valence-corrected chi connectivity index (χ2v) is 4.15. The predicted octanol–water partition coefficient (Wildman–Crippen LogP) is 2.33. The fourth-order valence-electron chi connectivity index (χ4n) is 1.99. The summed E-state index contributed by atoms with van der Waals surface area (Å²) in [5, 5.41) is 0. The van der Waals surface area contributed by atoms with Crippen LogP contribution in [0.1, 0.15) is 26.4 Å². The Morgan fingerprint density at radius 2 is 2.00 bits per heavy atom. The van der Waals surface area contributed by atoms with Crippen LogP contribution < -0.4 is 0 Å². The molecule has 4 nitrogen and oxygen atoms in total. The summed E-state index contributed by atoms with van der Waals surface area (Å²) in [6.07, 6.45) is 3.23. The van der Waals surface area contributed by atoms with E-state index in [9.17, 15) is 9.59 Å². The summed E-state index contributed by atoms with van der Waals surface area (Å²) in [5.74, 6) is -0.486. The molecule has 0 fully saturated rings. The van der Waals surface area contributed by atoms with Crippen LogP contribution >= 0.6 is 0 Å². The average molecular weight is 257 g/mol. The largest absolute Gasteiger partial charge is 0.465 e. The van der Waals surface area contributed by atoms with Gasteiger partial charge in [0.05, 0.1) is 18.4 Å². The molecular weight excluding hydrogens is 242 g/mol. The van der Waals surface area contributed by atoms with E-state index in [1.807, 2.05) is 30.3 Å². The SMILES string of the molecule is COC(=O)c1ccn(CCc2ccccc2)c1C=O. The summed E-state index contributed by atoms with van der Waals surface area (Å²) in [4.78, 5) is 22.6. The van der Waals surface area contributed by atoms with Crippen LogP contribution in [0.25, 0.3) is 0 Å². The molecule has 0 radical (unpaired) electrons. The van der Waals surface area contributed by atoms with Gasteiger partial charge in [0.15, 0.2) is 6.29 Å². The molecule has 0 bridgehead atoms. The molecule has 1 aromatic heterocycles. The van der Waals surface area contributed by atoms with Gasteiger partial charge in [0.1, 0.15) is 0 Å². The van der Waals surface area contributed by atoms with Crippen molar-refractivity contribution >= 4 is 12.3 Å². The number of benzene rings is 1. The number of methoxy groups -OCH3 is 1. The van der Waals surface area contributed by atoms with Gasteiger partial charge in [-0.2, -0.15) is 0 Å². The number of carbonyl (C=O) groups excluding carboxylic acids is 2. The molecule has 2 rings (SSSR count). The lowest BCUT2D eigenvalue weighted by molar-refractivity contribution is 0.0598. The molecule has 0 N–H and O–H groups in total. The summed E-state index contributed by atoms with van der Waals surface area (Å²) < 4.78 is 6.41. The molecule has 1 aromatic carbocycles. The lowest BCUT2D eigenvalue weighted by atomic mass is 10.1. The molecule has 1 heterocycles. The first-order valence-electron chi connectivity index (χ1n) is 6.03. The molecule has 0 aliphatic rings. The minimum Gasteiger partial charge on any atom is -0.465 e. The highest BCUT2D eigenvalue weighted by molar-refractivity contribution is 5.97. The maximum absolute atomic E-state index is 11.5. The first-order valence-corrected chi connectivity index (χ1v) is 6.03. The van der Waals surface area contributed by atoms with Crippen LogP contribution in [0.5, 0.6) is 0 Å². The topological polar surface area (TPSA) is 48.3 Å². The van der Waals surface area contributed by atoms with E-state index in [1.165, 1.54) is 12.7 Å². The van der Waals surface area contributed by atoms with Gasteiger partial charge >= 0.3 is 5.97 Å². The van der Waals surface area contributed by atoms with Crippen molar-refractivity contribution < 1.29 is 14.3 Å². The van der Waals surface area contributed by atoms with Gasteiger partial charge in [-0.05, 0) is 18.1 Å². The summed E-state index contributed by atoms with van der Waals surface area (Å²) in [5.41, 5.74) is 1.86. The Balaban J connectivity index is 2.15. The number of aldehydes is 1. The van der Waals surface area contributed by atoms with E-state index < -0.39 is 5.97 Å². The third-order valence-corrected chi connectivity index (χ3v) is 3.01. The van der Waals surface area contributed by atoms with Gasteiger partial charge in [0.2, 0.25) is 0 Å². The number of carbonyl (C=O) groups is 2. The number of hydrogen-bond acceptors (Lipinski definition) is 3. The molecule has 0 saturated heterocycles. The minimum absolute atomic E-state index is 0.311. The predicted molar refractivity (Wildman–Crippen MR) is 71.3 cm³/mol. The summed E-state index contributed by atoms with van der Waals surface area (Å²) in [6.45, 7) is 0.648. The van der Waals surface area contributed by atoms with Crippen LogP contribution in [0.4, 0.5) is 0 Å². The minimum atomic E-state index is -0.486. The highest BCUT2D eigenvalue weighted by atomic mass is 16.5. The third kappa shape index (κ3) is 2.91. The van der Waals surface area contributed by atoms with Crippen molar-refractivity contribution in [1.29, 1.82) is 0 Å². The molecular formula is C15H15NO3. The lowest BCUT2D eigenvalue weighted by Crippen LogP contribution is -2.09. The Morgan fingerprint density at radius 1 is 1.26 bits per heavy atom. The van der Waals surface area contributed by atoms with Crippen LogP contribution in [0.2, 0.25) is 0 Å². The van der Waals surface area contributed by atoms with Gasteiger partial charge in [0, 0.05) is 12.7 Å². The van der Waals surface area contributed by atoms with E-state index >= 15 is 0 Å². The summed E-state index contributed by atoms with van der Waals surface area (Å²) >= 11 is 0. The molecule has 98 valence electrons. The molecule has 0 saturated carbocycles. The number of esters is 1. The normalized spacial score (nSPS) is 10.2. The van der Waals surface area contributed by atoms with Gasteiger partial charge in [-0.1, -0.05) is 30.3 Å². The number of ether oxygens (including phenoxy) is 1. The molecule has 0 unspecified atom stereocenters. The van der Waals surface area contributed by atoms with Gasteiger partial charge in [-0.25, -0.2) is 4.79 Å². The number of aromatic nitrogens is 1. The zero-order valence-electron chi connectivity index (χ0n) is 10.7. The van der Waals surface area contributed by atoms with Crippen LogP contribution in [-0.2, 0) is 17.7 Å². The molecule has 2 aromatic rings. The number of hydrogen-bond donors (Lipinski definition) is 0. The number of aryl methyl sites for hydroxylation is 2. The van der Waals surface area contributed by atoms with Crippen molar-refractivity contribution in [1.82, 2.24) is 4.57 Å². The first kappa shape index (κ1) is 13.1. The van der Waals surface area contributed by atoms with Crippen molar-refractivity contribution in [2.24, 2.45) is 0 Å². The molecule has 0 spiro atoms. The molecule has 19 heavy (non-hydrogen) atoms. The Labute approximate surface area is 111 Å². The zero-order valence-corrected chi connectivity index (χ0v) is 10.7. The van der Waals surface area contributed by atoms with Crippen LogP contribution in [0.15, 0.2) is 42.6 Å². The highest BCUT2D eigenvalue weighted by Crippen LogP contribution is 2.12. The van der Waals surface area contributed by atoms with Crippen LogP contribution in [0.3, 0.4) is 0 Å². The van der Waals surface area contributed by atoms with Crippen molar-refractivity contribution in [2.75, 3.05) is 7.11 Å². The fraction of sp³-hybridized carbons (Fsp3) is 0.200.